The number of carbonyl (C=O) groups excluding carboxylic acids is 2. The molecule has 1 heterocycles. The molecule has 0 aromatic heterocycles. The average Bonchev–Trinajstić information content (AvgIpc) is 2.97. The quantitative estimate of drug-likeness (QED) is 0.299. The minimum Gasteiger partial charge on any atom is -0.463 e. The van der Waals surface area contributed by atoms with Crippen LogP contribution in [-0.4, -0.2) is 39.6 Å². The van der Waals surface area contributed by atoms with Crippen molar-refractivity contribution in [1.82, 2.24) is 0 Å². The Morgan fingerprint density at radius 1 is 1.17 bits per heavy atom. The van der Waals surface area contributed by atoms with Crippen LogP contribution in [0.4, 0.5) is 0 Å². The highest BCUT2D eigenvalue weighted by Gasteiger charge is 2.64. The van der Waals surface area contributed by atoms with E-state index in [4.69, 9.17) is 13.9 Å². The van der Waals surface area contributed by atoms with Gasteiger partial charge in [0.2, 0.25) is 0 Å². The molecule has 0 spiro atoms. The number of esters is 2. The van der Waals surface area contributed by atoms with Crippen LogP contribution in [0.15, 0.2) is 23.3 Å². The molecular weight excluding hydrogens is 396 g/mol. The van der Waals surface area contributed by atoms with Gasteiger partial charge in [0.15, 0.2) is 8.32 Å². The third kappa shape index (κ3) is 3.70. The van der Waals surface area contributed by atoms with E-state index in [1.165, 1.54) is 0 Å². The van der Waals surface area contributed by atoms with Gasteiger partial charge >= 0.3 is 11.9 Å². The molecule has 6 heteroatoms. The predicted molar refractivity (Wildman–Crippen MR) is 119 cm³/mol. The van der Waals surface area contributed by atoms with Crippen molar-refractivity contribution in [1.29, 1.82) is 0 Å². The van der Waals surface area contributed by atoms with E-state index in [-0.39, 0.29) is 29.4 Å². The molecule has 3 rings (SSSR count). The van der Waals surface area contributed by atoms with Crippen molar-refractivity contribution in [3.8, 4) is 0 Å². The average molecular weight is 435 g/mol. The van der Waals surface area contributed by atoms with Gasteiger partial charge in [-0.25, -0.2) is 4.79 Å². The van der Waals surface area contributed by atoms with E-state index in [1.54, 1.807) is 6.08 Å². The van der Waals surface area contributed by atoms with Crippen molar-refractivity contribution in [2.24, 2.45) is 16.7 Å². The van der Waals surface area contributed by atoms with E-state index >= 15 is 0 Å². The zero-order valence-electron chi connectivity index (χ0n) is 19.5. The molecule has 4 atom stereocenters. The Morgan fingerprint density at radius 2 is 1.80 bits per heavy atom. The molecule has 1 saturated carbocycles. The third-order valence-corrected chi connectivity index (χ3v) is 12.8. The van der Waals surface area contributed by atoms with Gasteiger partial charge in [0.1, 0.15) is 6.10 Å². The van der Waals surface area contributed by atoms with Crippen LogP contribution in [0.2, 0.25) is 18.1 Å². The lowest BCUT2D eigenvalue weighted by atomic mass is 9.50. The maximum Gasteiger partial charge on any atom is 0.331 e. The molecule has 2 fully saturated rings. The molecule has 30 heavy (non-hydrogen) atoms. The SMILES string of the molecule is CCOC(=O)/C=C1\C(CO[Si](CC)(CC)CC)=C[C@H]2OC(=O)[C@@]3(C)CCC[C@@]1(C)[C@@H]23. The lowest BCUT2D eigenvalue weighted by Gasteiger charge is -2.51. The zero-order valence-corrected chi connectivity index (χ0v) is 20.5. The second-order valence-electron chi connectivity index (χ2n) is 9.57. The third-order valence-electron chi connectivity index (χ3n) is 8.15. The van der Waals surface area contributed by atoms with Crippen molar-refractivity contribution >= 4 is 20.3 Å². The van der Waals surface area contributed by atoms with Gasteiger partial charge in [0.25, 0.3) is 0 Å². The molecular formula is C24H38O5Si. The number of hydrogen-bond donors (Lipinski definition) is 0. The van der Waals surface area contributed by atoms with Gasteiger partial charge in [0, 0.05) is 17.4 Å². The standard InChI is InChI=1S/C24H38O5Si/c1-7-27-20(25)15-18-17(16-28-30(8-2,9-3)10-4)14-19-21-23(18,5)12-11-13-24(21,6)22(26)29-19/h14-15,19,21H,7-13,16H2,1-6H3/b18-15+/t19-,21-,23-,24+/m1/s1. The predicted octanol–water partition coefficient (Wildman–Crippen LogP) is 5.18. The summed E-state index contributed by atoms with van der Waals surface area (Å²) in [5.74, 6) is -0.376. The first-order chi connectivity index (χ1) is 14.2. The van der Waals surface area contributed by atoms with Crippen molar-refractivity contribution in [3.63, 3.8) is 0 Å². The largest absolute Gasteiger partial charge is 0.463 e. The van der Waals surface area contributed by atoms with Gasteiger partial charge in [-0.15, -0.1) is 0 Å². The van der Waals surface area contributed by atoms with Gasteiger partial charge in [-0.2, -0.15) is 0 Å². The van der Waals surface area contributed by atoms with Crippen molar-refractivity contribution in [2.75, 3.05) is 13.2 Å². The fraction of sp³-hybridized carbons (Fsp3) is 0.750. The molecule has 168 valence electrons. The van der Waals surface area contributed by atoms with E-state index in [2.05, 4.69) is 33.8 Å². The summed E-state index contributed by atoms with van der Waals surface area (Å²) in [6.07, 6.45) is 6.19. The first-order valence-corrected chi connectivity index (χ1v) is 14.2. The maximum absolute atomic E-state index is 12.8. The Kier molecular flexibility index (Phi) is 6.68. The van der Waals surface area contributed by atoms with Crippen LogP contribution < -0.4 is 0 Å². The summed E-state index contributed by atoms with van der Waals surface area (Å²) in [6.45, 7) is 13.5. The molecule has 0 unspecified atom stereocenters. The van der Waals surface area contributed by atoms with Gasteiger partial charge in [0.05, 0.1) is 18.6 Å². The molecule has 0 amide bonds. The number of carbonyl (C=O) groups is 2. The van der Waals surface area contributed by atoms with E-state index < -0.39 is 13.7 Å². The monoisotopic (exact) mass is 434 g/mol. The summed E-state index contributed by atoms with van der Waals surface area (Å²) in [5, 5.41) is 0. The Labute approximate surface area is 182 Å². The van der Waals surface area contributed by atoms with Crippen LogP contribution in [0.25, 0.3) is 0 Å². The van der Waals surface area contributed by atoms with Crippen LogP contribution in [0.5, 0.6) is 0 Å². The van der Waals surface area contributed by atoms with Crippen LogP contribution in [-0.2, 0) is 23.5 Å². The van der Waals surface area contributed by atoms with Crippen LogP contribution in [0, 0.1) is 16.7 Å². The summed E-state index contributed by atoms with van der Waals surface area (Å²) in [7, 11) is -1.80. The maximum atomic E-state index is 12.8. The first kappa shape index (κ1) is 23.3. The van der Waals surface area contributed by atoms with E-state index in [9.17, 15) is 9.59 Å². The smallest absolute Gasteiger partial charge is 0.331 e. The highest BCUT2D eigenvalue weighted by molar-refractivity contribution is 6.73. The van der Waals surface area contributed by atoms with Crippen LogP contribution in [0.1, 0.15) is 60.8 Å². The molecule has 0 N–H and O–H groups in total. The second-order valence-corrected chi connectivity index (χ2v) is 14.3. The molecule has 2 aliphatic carbocycles. The number of rotatable bonds is 8. The van der Waals surface area contributed by atoms with E-state index in [0.29, 0.717) is 13.2 Å². The summed E-state index contributed by atoms with van der Waals surface area (Å²) in [4.78, 5) is 25.3. The van der Waals surface area contributed by atoms with Gasteiger partial charge in [-0.05, 0) is 62.0 Å². The van der Waals surface area contributed by atoms with E-state index in [0.717, 1.165) is 48.5 Å². The lowest BCUT2D eigenvalue weighted by molar-refractivity contribution is -0.148. The van der Waals surface area contributed by atoms with Gasteiger partial charge in [-0.1, -0.05) is 34.1 Å². The highest BCUT2D eigenvalue weighted by atomic mass is 28.4. The molecule has 1 saturated heterocycles. The summed E-state index contributed by atoms with van der Waals surface area (Å²) in [5.41, 5.74) is 1.18. The minimum absolute atomic E-state index is 0.0428. The zero-order chi connectivity index (χ0) is 22.2. The number of hydrogen-bond acceptors (Lipinski definition) is 5. The normalized spacial score (nSPS) is 34.4. The Hall–Kier alpha value is -1.40. The Balaban J connectivity index is 2.04. The molecule has 5 nitrogen and oxygen atoms in total. The molecule has 0 bridgehead atoms. The Morgan fingerprint density at radius 3 is 2.40 bits per heavy atom. The van der Waals surface area contributed by atoms with E-state index in [1.807, 2.05) is 13.8 Å². The van der Waals surface area contributed by atoms with Gasteiger partial charge in [-0.3, -0.25) is 4.79 Å². The molecule has 0 aromatic rings. The van der Waals surface area contributed by atoms with Crippen molar-refractivity contribution in [3.05, 3.63) is 23.3 Å². The highest BCUT2D eigenvalue weighted by Crippen LogP contribution is 2.63. The fourth-order valence-corrected chi connectivity index (χ4v) is 8.75. The fourth-order valence-electron chi connectivity index (χ4n) is 6.18. The molecule has 0 aromatic carbocycles. The topological polar surface area (TPSA) is 61.8 Å². The molecule has 1 aliphatic heterocycles. The van der Waals surface area contributed by atoms with Gasteiger partial charge < -0.3 is 13.9 Å². The Bertz CT molecular complexity index is 744. The molecule has 0 radical (unpaired) electrons. The lowest BCUT2D eigenvalue weighted by Crippen LogP contribution is -2.50. The minimum atomic E-state index is -1.80. The first-order valence-electron chi connectivity index (χ1n) is 11.6. The second kappa shape index (κ2) is 8.62. The van der Waals surface area contributed by atoms with Crippen LogP contribution in [0.3, 0.4) is 0 Å². The number of ether oxygens (including phenoxy) is 2. The van der Waals surface area contributed by atoms with Crippen molar-refractivity contribution in [2.45, 2.75) is 85.0 Å². The van der Waals surface area contributed by atoms with Crippen LogP contribution >= 0.6 is 0 Å². The summed E-state index contributed by atoms with van der Waals surface area (Å²) in [6, 6.07) is 3.21. The summed E-state index contributed by atoms with van der Waals surface area (Å²) >= 11 is 0. The summed E-state index contributed by atoms with van der Waals surface area (Å²) < 4.78 is 17.8. The van der Waals surface area contributed by atoms with Crippen molar-refractivity contribution < 1.29 is 23.5 Å². The molecule has 3 aliphatic rings.